The van der Waals surface area contributed by atoms with Crippen molar-refractivity contribution in [3.05, 3.63) is 69.7 Å². The molecule has 3 aromatic rings. The number of carbonyl (C=O) groups is 1. The number of hydrogen-bond donors (Lipinski definition) is 1. The number of halogens is 3. The minimum atomic E-state index is -4.22. The van der Waals surface area contributed by atoms with Crippen LogP contribution in [-0.2, 0) is 10.0 Å². The Hall–Kier alpha value is -2.46. The zero-order valence-electron chi connectivity index (χ0n) is 13.6. The molecule has 0 amide bonds. The smallest absolute Gasteiger partial charge is 0.363 e. The predicted octanol–water partition coefficient (Wildman–Crippen LogP) is 3.85. The lowest BCUT2D eigenvalue weighted by atomic mass is 10.3. The molecule has 2 heterocycles. The van der Waals surface area contributed by atoms with E-state index in [2.05, 4.69) is 19.7 Å². The molecule has 0 aliphatic heterocycles. The highest BCUT2D eigenvalue weighted by atomic mass is 35.5. The molecule has 0 atom stereocenters. The maximum Gasteiger partial charge on any atom is 0.363 e. The summed E-state index contributed by atoms with van der Waals surface area (Å²) in [6, 6.07) is 8.71. The van der Waals surface area contributed by atoms with Crippen molar-refractivity contribution in [3.8, 4) is 5.88 Å². The summed E-state index contributed by atoms with van der Waals surface area (Å²) >= 11 is 17.6. The molecule has 0 aliphatic carbocycles. The molecule has 144 valence electrons. The van der Waals surface area contributed by atoms with Gasteiger partial charge in [0, 0.05) is 6.20 Å². The highest BCUT2D eigenvalue weighted by molar-refractivity contribution is 7.92. The van der Waals surface area contributed by atoms with Crippen molar-refractivity contribution in [2.45, 2.75) is 4.90 Å². The lowest BCUT2D eigenvalue weighted by Crippen LogP contribution is -2.18. The van der Waals surface area contributed by atoms with Gasteiger partial charge in [-0.25, -0.2) is 23.2 Å². The second kappa shape index (κ2) is 8.27. The predicted molar refractivity (Wildman–Crippen MR) is 104 cm³/mol. The van der Waals surface area contributed by atoms with Crippen LogP contribution in [0.15, 0.2) is 53.7 Å². The summed E-state index contributed by atoms with van der Waals surface area (Å²) in [6.07, 6.45) is 2.47. The molecule has 8 nitrogen and oxygen atoms in total. The van der Waals surface area contributed by atoms with Crippen molar-refractivity contribution in [2.75, 3.05) is 4.72 Å². The summed E-state index contributed by atoms with van der Waals surface area (Å²) in [5.74, 6) is -1.70. The van der Waals surface area contributed by atoms with E-state index in [0.717, 1.165) is 6.20 Å². The van der Waals surface area contributed by atoms with Crippen LogP contribution in [0.25, 0.3) is 0 Å². The zero-order valence-corrected chi connectivity index (χ0v) is 16.7. The Bertz CT molecular complexity index is 1140. The van der Waals surface area contributed by atoms with Crippen LogP contribution in [0.3, 0.4) is 0 Å². The number of rotatable bonds is 5. The van der Waals surface area contributed by atoms with Gasteiger partial charge in [-0.1, -0.05) is 46.9 Å². The fraction of sp³-hybridized carbons (Fsp3) is 0. The SMILES string of the molecule is O=C(Oc1nc(Cl)cnc1NS(=O)(=O)c1cccc(Cl)c1Cl)c1ccccn1. The molecule has 0 saturated heterocycles. The molecular formula is C16H9Cl3N4O4S. The summed E-state index contributed by atoms with van der Waals surface area (Å²) in [7, 11) is -4.22. The van der Waals surface area contributed by atoms with E-state index in [1.807, 2.05) is 0 Å². The lowest BCUT2D eigenvalue weighted by Gasteiger charge is -2.12. The van der Waals surface area contributed by atoms with E-state index in [1.54, 1.807) is 12.1 Å². The molecule has 1 aromatic carbocycles. The van der Waals surface area contributed by atoms with Crippen molar-refractivity contribution < 1.29 is 17.9 Å². The standard InChI is InChI=1S/C16H9Cl3N4O4S/c17-9-4-3-6-11(13(9)19)28(25,26)23-14-15(22-12(18)8-21-14)27-16(24)10-5-1-2-7-20-10/h1-8H,(H,21,23). The highest BCUT2D eigenvalue weighted by Gasteiger charge is 2.24. The molecular weight excluding hydrogens is 451 g/mol. The third kappa shape index (κ3) is 4.50. The lowest BCUT2D eigenvalue weighted by molar-refractivity contribution is 0.0722. The topological polar surface area (TPSA) is 111 Å². The second-order valence-corrected chi connectivity index (χ2v) is 7.93. The number of aromatic nitrogens is 3. The van der Waals surface area contributed by atoms with Crippen molar-refractivity contribution >= 4 is 56.6 Å². The van der Waals surface area contributed by atoms with Gasteiger partial charge in [0.1, 0.15) is 10.6 Å². The van der Waals surface area contributed by atoms with Crippen LogP contribution in [0.2, 0.25) is 15.2 Å². The van der Waals surface area contributed by atoms with Crippen LogP contribution in [0.4, 0.5) is 5.82 Å². The largest absolute Gasteiger partial charge is 0.399 e. The summed E-state index contributed by atoms with van der Waals surface area (Å²) in [5.41, 5.74) is -0.0176. The van der Waals surface area contributed by atoms with Gasteiger partial charge in [-0.05, 0) is 24.3 Å². The van der Waals surface area contributed by atoms with Gasteiger partial charge in [-0.3, -0.25) is 4.72 Å². The van der Waals surface area contributed by atoms with Crippen LogP contribution in [0.5, 0.6) is 5.88 Å². The van der Waals surface area contributed by atoms with Gasteiger partial charge < -0.3 is 4.74 Å². The van der Waals surface area contributed by atoms with E-state index in [0.29, 0.717) is 0 Å². The van der Waals surface area contributed by atoms with Crippen molar-refractivity contribution in [2.24, 2.45) is 0 Å². The Kier molecular flexibility index (Phi) is 5.99. The van der Waals surface area contributed by atoms with Crippen LogP contribution in [0.1, 0.15) is 10.5 Å². The molecule has 0 bridgehead atoms. The summed E-state index contributed by atoms with van der Waals surface area (Å²) in [6.45, 7) is 0. The summed E-state index contributed by atoms with van der Waals surface area (Å²) < 4.78 is 32.6. The quantitative estimate of drug-likeness (QED) is 0.577. The van der Waals surface area contributed by atoms with E-state index in [1.165, 1.54) is 30.5 Å². The fourth-order valence-corrected chi connectivity index (χ4v) is 3.89. The van der Waals surface area contributed by atoms with Gasteiger partial charge in [0.2, 0.25) is 5.82 Å². The Morgan fingerprint density at radius 3 is 2.54 bits per heavy atom. The number of anilines is 1. The minimum Gasteiger partial charge on any atom is -0.399 e. The average Bonchev–Trinajstić information content (AvgIpc) is 2.66. The first-order valence-corrected chi connectivity index (χ1v) is 10.0. The van der Waals surface area contributed by atoms with Gasteiger partial charge in [0.05, 0.1) is 16.2 Å². The van der Waals surface area contributed by atoms with E-state index >= 15 is 0 Å². The van der Waals surface area contributed by atoms with Crippen molar-refractivity contribution in [3.63, 3.8) is 0 Å². The highest BCUT2D eigenvalue weighted by Crippen LogP contribution is 2.31. The first-order chi connectivity index (χ1) is 13.3. The van der Waals surface area contributed by atoms with E-state index in [-0.39, 0.29) is 31.6 Å². The molecule has 0 fully saturated rings. The van der Waals surface area contributed by atoms with Crippen LogP contribution in [-0.4, -0.2) is 29.3 Å². The van der Waals surface area contributed by atoms with Gasteiger partial charge in [-0.2, -0.15) is 4.98 Å². The third-order valence-corrected chi connectivity index (χ3v) is 5.71. The molecule has 3 rings (SSSR count). The summed E-state index contributed by atoms with van der Waals surface area (Å²) in [4.78, 5) is 23.4. The molecule has 0 radical (unpaired) electrons. The number of pyridine rings is 1. The van der Waals surface area contributed by atoms with Crippen LogP contribution < -0.4 is 9.46 Å². The van der Waals surface area contributed by atoms with Crippen LogP contribution in [0, 0.1) is 0 Å². The Morgan fingerprint density at radius 1 is 1.04 bits per heavy atom. The normalized spacial score (nSPS) is 11.1. The molecule has 1 N–H and O–H groups in total. The Balaban J connectivity index is 1.95. The van der Waals surface area contributed by atoms with Crippen molar-refractivity contribution in [1.29, 1.82) is 0 Å². The second-order valence-electron chi connectivity index (χ2n) is 5.11. The first-order valence-electron chi connectivity index (χ1n) is 7.40. The maximum atomic E-state index is 12.7. The number of sulfonamides is 1. The number of hydrogen-bond acceptors (Lipinski definition) is 7. The number of esters is 1. The van der Waals surface area contributed by atoms with Crippen molar-refractivity contribution in [1.82, 2.24) is 15.0 Å². The van der Waals surface area contributed by atoms with Gasteiger partial charge in [-0.15, -0.1) is 0 Å². The number of nitrogens with zero attached hydrogens (tertiary/aromatic N) is 3. The molecule has 2 aromatic heterocycles. The maximum absolute atomic E-state index is 12.7. The third-order valence-electron chi connectivity index (χ3n) is 3.21. The van der Waals surface area contributed by atoms with Gasteiger partial charge in [0.15, 0.2) is 5.15 Å². The number of carbonyl (C=O) groups excluding carboxylic acids is 1. The van der Waals surface area contributed by atoms with Gasteiger partial charge >= 0.3 is 5.97 Å². The van der Waals surface area contributed by atoms with E-state index in [4.69, 9.17) is 39.5 Å². The average molecular weight is 460 g/mol. The number of nitrogens with one attached hydrogen (secondary N) is 1. The number of benzene rings is 1. The summed E-state index contributed by atoms with van der Waals surface area (Å²) in [5, 5.41) is -0.244. The molecule has 0 unspecified atom stereocenters. The van der Waals surface area contributed by atoms with E-state index < -0.39 is 21.9 Å². The monoisotopic (exact) mass is 458 g/mol. The van der Waals surface area contributed by atoms with Crippen LogP contribution >= 0.6 is 34.8 Å². The molecule has 12 heteroatoms. The zero-order chi connectivity index (χ0) is 20.3. The Morgan fingerprint density at radius 2 is 1.82 bits per heavy atom. The molecule has 0 saturated carbocycles. The van der Waals surface area contributed by atoms with Gasteiger partial charge in [0.25, 0.3) is 15.9 Å². The molecule has 0 spiro atoms. The Labute approximate surface area is 174 Å². The minimum absolute atomic E-state index is 0.0176. The van der Waals surface area contributed by atoms with E-state index in [9.17, 15) is 13.2 Å². The first kappa shape index (κ1) is 20.3. The molecule has 0 aliphatic rings. The number of ether oxygens (including phenoxy) is 1. The fourth-order valence-electron chi connectivity index (χ4n) is 1.99. The molecule has 28 heavy (non-hydrogen) atoms.